The Labute approximate surface area is 116 Å². The number of hydrogen-bond donors (Lipinski definition) is 1. The fourth-order valence-corrected chi connectivity index (χ4v) is 3.01. The van der Waals surface area contributed by atoms with Crippen molar-refractivity contribution in [2.45, 2.75) is 13.1 Å². The summed E-state index contributed by atoms with van der Waals surface area (Å²) in [6.07, 6.45) is 1.80. The number of rotatable bonds is 5. The van der Waals surface area contributed by atoms with E-state index in [1.54, 1.807) is 17.5 Å². The van der Waals surface area contributed by atoms with Gasteiger partial charge in [0.25, 0.3) is 0 Å². The van der Waals surface area contributed by atoms with Crippen LogP contribution in [0.15, 0.2) is 30.5 Å². The maximum atomic E-state index is 5.93. The second-order valence-electron chi connectivity index (χ2n) is 4.14. The summed E-state index contributed by atoms with van der Waals surface area (Å²) in [5, 5.41) is 3.11. The number of hydrogen-bond acceptors (Lipinski definition) is 4. The van der Waals surface area contributed by atoms with Crippen molar-refractivity contribution in [2.75, 3.05) is 19.4 Å². The van der Waals surface area contributed by atoms with E-state index < -0.39 is 0 Å². The Morgan fingerprint density at radius 1 is 1.33 bits per heavy atom. The molecule has 0 amide bonds. The minimum absolute atomic E-state index is 0.843. The summed E-state index contributed by atoms with van der Waals surface area (Å²) < 4.78 is 0.843. The first-order valence-corrected chi connectivity index (χ1v) is 6.93. The molecule has 2 aromatic rings. The standard InChI is InChI=1S/C13H16ClN3S/c1-15-13-10(4-3-7-16-13)8-17(2)9-11-5-6-12(14)18-11/h3-7H,8-9H2,1-2H3,(H,15,16). The third kappa shape index (κ3) is 3.45. The SMILES string of the molecule is CNc1ncccc1CN(C)Cc1ccc(Cl)s1. The highest BCUT2D eigenvalue weighted by atomic mass is 35.5. The molecular formula is C13H16ClN3S. The molecule has 0 aromatic carbocycles. The molecule has 96 valence electrons. The number of anilines is 1. The number of thiophene rings is 1. The number of aromatic nitrogens is 1. The van der Waals surface area contributed by atoms with Gasteiger partial charge in [-0.25, -0.2) is 4.98 Å². The van der Waals surface area contributed by atoms with Crippen LogP contribution in [0.3, 0.4) is 0 Å². The van der Waals surface area contributed by atoms with Gasteiger partial charge in [0, 0.05) is 36.8 Å². The van der Waals surface area contributed by atoms with E-state index in [1.165, 1.54) is 10.4 Å². The normalized spacial score (nSPS) is 10.9. The first-order valence-electron chi connectivity index (χ1n) is 5.73. The first kappa shape index (κ1) is 13.3. The third-order valence-electron chi connectivity index (χ3n) is 2.62. The molecule has 2 heterocycles. The largest absolute Gasteiger partial charge is 0.373 e. The summed E-state index contributed by atoms with van der Waals surface area (Å²) in [7, 11) is 3.99. The van der Waals surface area contributed by atoms with Gasteiger partial charge in [0.05, 0.1) is 4.34 Å². The molecule has 1 N–H and O–H groups in total. The molecule has 3 nitrogen and oxygen atoms in total. The topological polar surface area (TPSA) is 28.2 Å². The van der Waals surface area contributed by atoms with Crippen LogP contribution in [0.4, 0.5) is 5.82 Å². The fourth-order valence-electron chi connectivity index (χ4n) is 1.84. The van der Waals surface area contributed by atoms with Crippen LogP contribution in [0.2, 0.25) is 4.34 Å². The lowest BCUT2D eigenvalue weighted by molar-refractivity contribution is 0.322. The van der Waals surface area contributed by atoms with Crippen LogP contribution in [0, 0.1) is 0 Å². The molecule has 0 unspecified atom stereocenters. The number of halogens is 1. The van der Waals surface area contributed by atoms with Crippen LogP contribution in [0.5, 0.6) is 0 Å². The van der Waals surface area contributed by atoms with E-state index in [9.17, 15) is 0 Å². The van der Waals surface area contributed by atoms with Gasteiger partial charge < -0.3 is 5.32 Å². The maximum Gasteiger partial charge on any atom is 0.130 e. The third-order valence-corrected chi connectivity index (χ3v) is 3.84. The molecule has 2 aromatic heterocycles. The molecule has 0 saturated heterocycles. The molecule has 0 aliphatic rings. The predicted octanol–water partition coefficient (Wildman–Crippen LogP) is 3.47. The molecule has 5 heteroatoms. The van der Waals surface area contributed by atoms with Gasteiger partial charge in [-0.1, -0.05) is 17.7 Å². The van der Waals surface area contributed by atoms with Gasteiger partial charge in [0.2, 0.25) is 0 Å². The quantitative estimate of drug-likeness (QED) is 0.910. The molecule has 0 spiro atoms. The van der Waals surface area contributed by atoms with E-state index in [-0.39, 0.29) is 0 Å². The van der Waals surface area contributed by atoms with Gasteiger partial charge in [-0.05, 0) is 25.2 Å². The fraction of sp³-hybridized carbons (Fsp3) is 0.308. The number of pyridine rings is 1. The van der Waals surface area contributed by atoms with Crippen molar-refractivity contribution in [3.63, 3.8) is 0 Å². The Hall–Kier alpha value is -1.10. The van der Waals surface area contributed by atoms with Gasteiger partial charge >= 0.3 is 0 Å². The lowest BCUT2D eigenvalue weighted by Crippen LogP contribution is -2.17. The highest BCUT2D eigenvalue weighted by Crippen LogP contribution is 2.23. The molecule has 2 rings (SSSR count). The highest BCUT2D eigenvalue weighted by Gasteiger charge is 2.07. The van der Waals surface area contributed by atoms with Crippen LogP contribution in [-0.4, -0.2) is 24.0 Å². The van der Waals surface area contributed by atoms with Gasteiger partial charge in [-0.3, -0.25) is 4.90 Å². The number of nitrogens with zero attached hydrogens (tertiary/aromatic N) is 2. The average Bonchev–Trinajstić information content (AvgIpc) is 2.75. The Morgan fingerprint density at radius 3 is 2.83 bits per heavy atom. The zero-order valence-electron chi connectivity index (χ0n) is 10.5. The Balaban J connectivity index is 2.00. The Bertz CT molecular complexity index is 512. The maximum absolute atomic E-state index is 5.93. The number of nitrogens with one attached hydrogen (secondary N) is 1. The molecular weight excluding hydrogens is 266 g/mol. The average molecular weight is 282 g/mol. The van der Waals surface area contributed by atoms with E-state index in [4.69, 9.17) is 11.6 Å². The second kappa shape index (κ2) is 6.18. The van der Waals surface area contributed by atoms with E-state index >= 15 is 0 Å². The van der Waals surface area contributed by atoms with Crippen LogP contribution < -0.4 is 5.32 Å². The van der Waals surface area contributed by atoms with Crippen molar-refractivity contribution < 1.29 is 0 Å². The molecule has 0 radical (unpaired) electrons. The summed E-state index contributed by atoms with van der Waals surface area (Å²) in [5.74, 6) is 0.938. The lowest BCUT2D eigenvalue weighted by atomic mass is 10.2. The molecule has 0 bridgehead atoms. The van der Waals surface area contributed by atoms with Gasteiger partial charge in [-0.15, -0.1) is 11.3 Å². The van der Waals surface area contributed by atoms with E-state index in [0.717, 1.165) is 23.2 Å². The van der Waals surface area contributed by atoms with Crippen LogP contribution in [-0.2, 0) is 13.1 Å². The minimum Gasteiger partial charge on any atom is -0.373 e. The van der Waals surface area contributed by atoms with E-state index in [0.29, 0.717) is 0 Å². The van der Waals surface area contributed by atoms with E-state index in [2.05, 4.69) is 34.4 Å². The van der Waals surface area contributed by atoms with Crippen molar-refractivity contribution in [3.8, 4) is 0 Å². The molecule has 0 saturated carbocycles. The van der Waals surface area contributed by atoms with Gasteiger partial charge in [0.1, 0.15) is 5.82 Å². The molecule has 18 heavy (non-hydrogen) atoms. The summed E-state index contributed by atoms with van der Waals surface area (Å²) in [4.78, 5) is 7.83. The van der Waals surface area contributed by atoms with Crippen LogP contribution in [0.25, 0.3) is 0 Å². The summed E-state index contributed by atoms with van der Waals surface area (Å²) in [5.41, 5.74) is 1.20. The molecule has 0 aliphatic carbocycles. The second-order valence-corrected chi connectivity index (χ2v) is 5.94. The monoisotopic (exact) mass is 281 g/mol. The van der Waals surface area contributed by atoms with Crippen molar-refractivity contribution in [2.24, 2.45) is 0 Å². The Morgan fingerprint density at radius 2 is 2.17 bits per heavy atom. The van der Waals surface area contributed by atoms with Crippen molar-refractivity contribution in [3.05, 3.63) is 45.2 Å². The van der Waals surface area contributed by atoms with Crippen LogP contribution >= 0.6 is 22.9 Å². The van der Waals surface area contributed by atoms with Crippen molar-refractivity contribution in [1.29, 1.82) is 0 Å². The summed E-state index contributed by atoms with van der Waals surface area (Å²) >= 11 is 7.56. The van der Waals surface area contributed by atoms with Crippen molar-refractivity contribution >= 4 is 28.8 Å². The van der Waals surface area contributed by atoms with E-state index in [1.807, 2.05) is 19.2 Å². The van der Waals surface area contributed by atoms with Crippen LogP contribution in [0.1, 0.15) is 10.4 Å². The lowest BCUT2D eigenvalue weighted by Gasteiger charge is -2.17. The molecule has 0 aliphatic heterocycles. The van der Waals surface area contributed by atoms with Crippen molar-refractivity contribution in [1.82, 2.24) is 9.88 Å². The highest BCUT2D eigenvalue weighted by molar-refractivity contribution is 7.16. The molecule has 0 fully saturated rings. The molecule has 0 atom stereocenters. The predicted molar refractivity (Wildman–Crippen MR) is 78.3 cm³/mol. The first-order chi connectivity index (χ1) is 8.69. The zero-order chi connectivity index (χ0) is 13.0. The summed E-state index contributed by atoms with van der Waals surface area (Å²) in [6.45, 7) is 1.76. The van der Waals surface area contributed by atoms with Gasteiger partial charge in [-0.2, -0.15) is 0 Å². The van der Waals surface area contributed by atoms with Gasteiger partial charge in [0.15, 0.2) is 0 Å². The minimum atomic E-state index is 0.843. The zero-order valence-corrected chi connectivity index (χ0v) is 12.1. The summed E-state index contributed by atoms with van der Waals surface area (Å²) in [6, 6.07) is 8.08. The Kier molecular flexibility index (Phi) is 4.58. The smallest absolute Gasteiger partial charge is 0.130 e.